The van der Waals surface area contributed by atoms with Crippen LogP contribution in [0.5, 0.6) is 0 Å². The molecule has 2 aliphatic rings. The van der Waals surface area contributed by atoms with Gasteiger partial charge in [-0.05, 0) is 27.8 Å². The molecule has 3 aromatic rings. The molecule has 146 valence electrons. The maximum atomic E-state index is 13.3. The van der Waals surface area contributed by atoms with Gasteiger partial charge in [-0.1, -0.05) is 72.8 Å². The summed E-state index contributed by atoms with van der Waals surface area (Å²) in [5.41, 5.74) is 9.02. The van der Waals surface area contributed by atoms with Gasteiger partial charge in [0.1, 0.15) is 17.4 Å². The highest BCUT2D eigenvalue weighted by molar-refractivity contribution is 6.00. The maximum absolute atomic E-state index is 13.3. The zero-order valence-corrected chi connectivity index (χ0v) is 16.3. The molecular formula is C26H20N2O2. The largest absolute Gasteiger partial charge is 0.444 e. The highest BCUT2D eigenvalue weighted by Crippen LogP contribution is 2.47. The van der Waals surface area contributed by atoms with Crippen LogP contribution in [0.25, 0.3) is 10.8 Å². The predicted molar refractivity (Wildman–Crippen MR) is 115 cm³/mol. The number of rotatable bonds is 2. The summed E-state index contributed by atoms with van der Waals surface area (Å²) in [6, 6.07) is 26.3. The normalized spacial score (nSPS) is 21.2. The number of Topliss-reactive ketones (excluding diaryl/α,β-unsaturated/α-hetero) is 1. The molecule has 1 aliphatic carbocycles. The topological polar surface area (TPSA) is 76.1 Å². The minimum Gasteiger partial charge on any atom is -0.444 e. The van der Waals surface area contributed by atoms with Crippen LogP contribution in [0, 0.1) is 11.3 Å². The first kappa shape index (κ1) is 18.2. The van der Waals surface area contributed by atoms with Crippen LogP contribution in [0.2, 0.25) is 0 Å². The lowest BCUT2D eigenvalue weighted by atomic mass is 9.73. The van der Waals surface area contributed by atoms with Gasteiger partial charge in [-0.25, -0.2) is 0 Å². The molecule has 0 unspecified atom stereocenters. The van der Waals surface area contributed by atoms with Gasteiger partial charge in [0.2, 0.25) is 5.88 Å². The molecule has 0 aromatic heterocycles. The molecule has 4 nitrogen and oxygen atoms in total. The monoisotopic (exact) mass is 392 g/mol. The minimum absolute atomic E-state index is 0.0171. The fourth-order valence-corrected chi connectivity index (χ4v) is 4.59. The SMILES string of the molecule is N#CC1=C(N)OC2=C(C(=O)C[C@@H](c3ccccc3)C2)[C@@H]1c1ccc2ccccc2c1. The van der Waals surface area contributed by atoms with E-state index in [-0.39, 0.29) is 17.6 Å². The molecule has 30 heavy (non-hydrogen) atoms. The number of nitrogens with zero attached hydrogens (tertiary/aromatic N) is 1. The van der Waals surface area contributed by atoms with Gasteiger partial charge in [-0.15, -0.1) is 0 Å². The highest BCUT2D eigenvalue weighted by Gasteiger charge is 2.40. The number of ether oxygens (including phenoxy) is 1. The fraction of sp³-hybridized carbons (Fsp3) is 0.154. The average Bonchev–Trinajstić information content (AvgIpc) is 2.78. The standard InChI is InChI=1S/C26H20N2O2/c27-15-21-24(19-11-10-17-8-4-5-9-18(17)12-19)25-22(29)13-20(14-23(25)30-26(21)28)16-6-2-1-3-7-16/h1-12,20,24H,13-14,28H2/t20-,24-/m1/s1. The van der Waals surface area contributed by atoms with Crippen LogP contribution in [0.3, 0.4) is 0 Å². The van der Waals surface area contributed by atoms with Crippen LogP contribution in [-0.4, -0.2) is 5.78 Å². The van der Waals surface area contributed by atoms with Gasteiger partial charge in [0.25, 0.3) is 0 Å². The van der Waals surface area contributed by atoms with Crippen LogP contribution in [0.1, 0.15) is 35.8 Å². The lowest BCUT2D eigenvalue weighted by molar-refractivity contribution is -0.117. The molecule has 0 saturated heterocycles. The van der Waals surface area contributed by atoms with E-state index in [0.29, 0.717) is 29.7 Å². The molecule has 0 spiro atoms. The number of ketones is 1. The van der Waals surface area contributed by atoms with Gasteiger partial charge in [0.15, 0.2) is 5.78 Å². The summed E-state index contributed by atoms with van der Waals surface area (Å²) in [5, 5.41) is 12.0. The van der Waals surface area contributed by atoms with Crippen molar-refractivity contribution in [3.05, 3.63) is 107 Å². The number of fused-ring (bicyclic) bond motifs is 1. The summed E-state index contributed by atoms with van der Waals surface area (Å²) in [7, 11) is 0. The molecule has 2 atom stereocenters. The number of hydrogen-bond donors (Lipinski definition) is 1. The van der Waals surface area contributed by atoms with Gasteiger partial charge < -0.3 is 10.5 Å². The molecule has 1 heterocycles. The molecule has 2 N–H and O–H groups in total. The number of benzene rings is 3. The minimum atomic E-state index is -0.493. The first-order valence-corrected chi connectivity index (χ1v) is 10.0. The van der Waals surface area contributed by atoms with Crippen molar-refractivity contribution in [1.29, 1.82) is 5.26 Å². The van der Waals surface area contributed by atoms with E-state index in [1.54, 1.807) is 0 Å². The van der Waals surface area contributed by atoms with Crippen LogP contribution in [0.15, 0.2) is 95.6 Å². The Morgan fingerprint density at radius 2 is 1.63 bits per heavy atom. The van der Waals surface area contributed by atoms with Crippen LogP contribution in [0.4, 0.5) is 0 Å². The zero-order valence-electron chi connectivity index (χ0n) is 16.3. The van der Waals surface area contributed by atoms with Crippen molar-refractivity contribution in [3.8, 4) is 6.07 Å². The van der Waals surface area contributed by atoms with Gasteiger partial charge in [-0.3, -0.25) is 4.79 Å². The molecule has 0 bridgehead atoms. The highest BCUT2D eigenvalue weighted by atomic mass is 16.5. The third-order valence-electron chi connectivity index (χ3n) is 6.04. The lowest BCUT2D eigenvalue weighted by Crippen LogP contribution is -2.29. The van der Waals surface area contributed by atoms with E-state index in [0.717, 1.165) is 21.9 Å². The van der Waals surface area contributed by atoms with Crippen LogP contribution >= 0.6 is 0 Å². The average molecular weight is 392 g/mol. The van der Waals surface area contributed by atoms with Crippen molar-refractivity contribution in [2.45, 2.75) is 24.7 Å². The van der Waals surface area contributed by atoms with Gasteiger partial charge >= 0.3 is 0 Å². The Kier molecular flexibility index (Phi) is 4.37. The smallest absolute Gasteiger partial charge is 0.205 e. The number of carbonyl (C=O) groups excluding carboxylic acids is 1. The lowest BCUT2D eigenvalue weighted by Gasteiger charge is -2.34. The predicted octanol–water partition coefficient (Wildman–Crippen LogP) is 5.05. The third kappa shape index (κ3) is 2.96. The van der Waals surface area contributed by atoms with Gasteiger partial charge in [0, 0.05) is 18.4 Å². The van der Waals surface area contributed by atoms with E-state index in [2.05, 4.69) is 6.07 Å². The second-order valence-corrected chi connectivity index (χ2v) is 7.81. The fourth-order valence-electron chi connectivity index (χ4n) is 4.59. The van der Waals surface area contributed by atoms with Gasteiger partial charge in [-0.2, -0.15) is 5.26 Å². The van der Waals surface area contributed by atoms with Crippen molar-refractivity contribution in [1.82, 2.24) is 0 Å². The Balaban J connectivity index is 1.62. The number of hydrogen-bond acceptors (Lipinski definition) is 4. The van der Waals surface area contributed by atoms with Crippen molar-refractivity contribution >= 4 is 16.6 Å². The van der Waals surface area contributed by atoms with Crippen molar-refractivity contribution in [3.63, 3.8) is 0 Å². The first-order valence-electron chi connectivity index (χ1n) is 10.0. The number of allylic oxidation sites excluding steroid dienone is 3. The van der Waals surface area contributed by atoms with Crippen LogP contribution < -0.4 is 5.73 Å². The Bertz CT molecular complexity index is 1260. The van der Waals surface area contributed by atoms with E-state index in [4.69, 9.17) is 10.5 Å². The second-order valence-electron chi connectivity index (χ2n) is 7.81. The molecule has 5 rings (SSSR count). The Morgan fingerprint density at radius 1 is 0.900 bits per heavy atom. The summed E-state index contributed by atoms with van der Waals surface area (Å²) in [5.74, 6) is 0.257. The Hall–Kier alpha value is -3.84. The Morgan fingerprint density at radius 3 is 2.40 bits per heavy atom. The molecule has 0 amide bonds. The zero-order chi connectivity index (χ0) is 20.7. The van der Waals surface area contributed by atoms with Crippen molar-refractivity contribution < 1.29 is 9.53 Å². The summed E-state index contributed by atoms with van der Waals surface area (Å²) in [4.78, 5) is 13.3. The molecule has 3 aromatic carbocycles. The summed E-state index contributed by atoms with van der Waals surface area (Å²) >= 11 is 0. The summed E-state index contributed by atoms with van der Waals surface area (Å²) < 4.78 is 5.85. The third-order valence-corrected chi connectivity index (χ3v) is 6.04. The van der Waals surface area contributed by atoms with Crippen molar-refractivity contribution in [2.75, 3.05) is 0 Å². The van der Waals surface area contributed by atoms with E-state index in [1.807, 2.05) is 72.8 Å². The number of nitriles is 1. The number of carbonyl (C=O) groups is 1. The van der Waals surface area contributed by atoms with E-state index in [1.165, 1.54) is 0 Å². The molecule has 0 fully saturated rings. The molecule has 0 saturated carbocycles. The second kappa shape index (κ2) is 7.20. The van der Waals surface area contributed by atoms with Crippen LogP contribution in [-0.2, 0) is 9.53 Å². The molecule has 0 radical (unpaired) electrons. The quantitative estimate of drug-likeness (QED) is 0.662. The molecule has 1 aliphatic heterocycles. The van der Waals surface area contributed by atoms with Crippen molar-refractivity contribution in [2.24, 2.45) is 5.73 Å². The molecule has 4 heteroatoms. The Labute approximate surface area is 174 Å². The van der Waals surface area contributed by atoms with E-state index < -0.39 is 5.92 Å². The van der Waals surface area contributed by atoms with Gasteiger partial charge in [0.05, 0.1) is 5.92 Å². The first-order chi connectivity index (χ1) is 14.7. The molecular weight excluding hydrogens is 372 g/mol. The van der Waals surface area contributed by atoms with E-state index in [9.17, 15) is 10.1 Å². The number of nitrogens with two attached hydrogens (primary N) is 1. The van der Waals surface area contributed by atoms with E-state index >= 15 is 0 Å². The summed E-state index contributed by atoms with van der Waals surface area (Å²) in [6.07, 6.45) is 0.990. The maximum Gasteiger partial charge on any atom is 0.205 e. The summed E-state index contributed by atoms with van der Waals surface area (Å²) in [6.45, 7) is 0.